The van der Waals surface area contributed by atoms with E-state index in [2.05, 4.69) is 43.6 Å². The van der Waals surface area contributed by atoms with Crippen molar-refractivity contribution in [2.24, 2.45) is 0 Å². The Balaban J connectivity index is 1.47. The van der Waals surface area contributed by atoms with E-state index in [0.717, 1.165) is 61.7 Å². The highest BCUT2D eigenvalue weighted by molar-refractivity contribution is 6.28. The Labute approximate surface area is 251 Å². The summed E-state index contributed by atoms with van der Waals surface area (Å²) in [7, 11) is 4.91. The summed E-state index contributed by atoms with van der Waals surface area (Å²) in [4.78, 5) is 18.7. The molecule has 2 aromatic heterocycles. The van der Waals surface area contributed by atoms with Crippen LogP contribution in [0.15, 0.2) is 42.7 Å². The van der Waals surface area contributed by atoms with Crippen LogP contribution >= 0.6 is 11.6 Å². The van der Waals surface area contributed by atoms with Crippen LogP contribution in [0.3, 0.4) is 0 Å². The maximum Gasteiger partial charge on any atom is 0.226 e. The van der Waals surface area contributed by atoms with Gasteiger partial charge in [0.05, 0.1) is 53.0 Å². The first-order valence-corrected chi connectivity index (χ1v) is 14.9. The minimum absolute atomic E-state index is 0.179. The number of rotatable bonds is 9. The smallest absolute Gasteiger partial charge is 0.226 e. The second-order valence-electron chi connectivity index (χ2n) is 10.6. The Morgan fingerprint density at radius 1 is 0.929 bits per heavy atom. The summed E-state index contributed by atoms with van der Waals surface area (Å²) in [6.07, 6.45) is 7.78. The van der Waals surface area contributed by atoms with Gasteiger partial charge in [-0.25, -0.2) is 4.98 Å². The van der Waals surface area contributed by atoms with Gasteiger partial charge < -0.3 is 33.3 Å². The van der Waals surface area contributed by atoms with E-state index in [4.69, 9.17) is 40.5 Å². The van der Waals surface area contributed by atoms with Crippen molar-refractivity contribution in [1.29, 1.82) is 0 Å². The standard InChI is InChI=1S/C31H37ClN6O4/c1-39-24-17-26(40-2)25(27(18-24)41-3)19-37(23-11-9-21(10-12-23)36-13-15-42-16-14-36)29-28-30(35-31(32)34-29)38(20-33-28)22-7-5-4-6-8-22/h9-12,17-18,20,22H,4-8,13-16,19H2,1-3H3. The zero-order chi connectivity index (χ0) is 29.1. The normalized spacial score (nSPS) is 16.0. The van der Waals surface area contributed by atoms with Gasteiger partial charge in [0.15, 0.2) is 17.0 Å². The summed E-state index contributed by atoms with van der Waals surface area (Å²) in [6.45, 7) is 3.57. The fraction of sp³-hybridized carbons (Fsp3) is 0.452. The molecule has 222 valence electrons. The molecule has 6 rings (SSSR count). The molecule has 4 aromatic rings. The summed E-state index contributed by atoms with van der Waals surface area (Å²) in [5.74, 6) is 2.56. The zero-order valence-electron chi connectivity index (χ0n) is 24.4. The van der Waals surface area contributed by atoms with Crippen LogP contribution in [-0.4, -0.2) is 67.2 Å². The number of aromatic nitrogens is 4. The Morgan fingerprint density at radius 2 is 1.62 bits per heavy atom. The van der Waals surface area contributed by atoms with Crippen LogP contribution in [-0.2, 0) is 11.3 Å². The molecule has 1 aliphatic heterocycles. The highest BCUT2D eigenvalue weighted by Gasteiger charge is 2.26. The molecule has 0 radical (unpaired) electrons. The number of imidazole rings is 1. The van der Waals surface area contributed by atoms with Crippen molar-refractivity contribution < 1.29 is 18.9 Å². The molecule has 2 fully saturated rings. The molecular formula is C31H37ClN6O4. The van der Waals surface area contributed by atoms with Gasteiger partial charge in [-0.05, 0) is 48.7 Å². The SMILES string of the molecule is COc1cc(OC)c(CN(c2ccc(N3CCOCC3)cc2)c2nc(Cl)nc3c2ncn3C2CCCCC2)c(OC)c1. The number of halogens is 1. The van der Waals surface area contributed by atoms with Crippen LogP contribution in [0.2, 0.25) is 5.28 Å². The lowest BCUT2D eigenvalue weighted by atomic mass is 9.95. The molecule has 0 atom stereocenters. The number of fused-ring (bicyclic) bond motifs is 1. The molecular weight excluding hydrogens is 556 g/mol. The maximum absolute atomic E-state index is 6.64. The minimum atomic E-state index is 0.179. The number of hydrogen-bond donors (Lipinski definition) is 0. The van der Waals surface area contributed by atoms with Crippen LogP contribution in [0.4, 0.5) is 17.2 Å². The average molecular weight is 593 g/mol. The molecule has 2 aromatic carbocycles. The van der Waals surface area contributed by atoms with Gasteiger partial charge in [0, 0.05) is 42.6 Å². The van der Waals surface area contributed by atoms with Crippen molar-refractivity contribution in [2.75, 3.05) is 57.4 Å². The number of nitrogens with zero attached hydrogens (tertiary/aromatic N) is 6. The molecule has 10 nitrogen and oxygen atoms in total. The third-order valence-corrected chi connectivity index (χ3v) is 8.44. The lowest BCUT2D eigenvalue weighted by Gasteiger charge is -2.30. The van der Waals surface area contributed by atoms with Gasteiger partial charge in [0.2, 0.25) is 5.28 Å². The predicted octanol–water partition coefficient (Wildman–Crippen LogP) is 6.19. The van der Waals surface area contributed by atoms with E-state index in [9.17, 15) is 0 Å². The molecule has 2 aliphatic rings. The van der Waals surface area contributed by atoms with Crippen molar-refractivity contribution >= 4 is 40.0 Å². The van der Waals surface area contributed by atoms with Crippen LogP contribution in [0.1, 0.15) is 43.7 Å². The van der Waals surface area contributed by atoms with Gasteiger partial charge in [0.1, 0.15) is 17.2 Å². The van der Waals surface area contributed by atoms with Gasteiger partial charge in [-0.15, -0.1) is 0 Å². The van der Waals surface area contributed by atoms with Gasteiger partial charge in [-0.2, -0.15) is 9.97 Å². The number of methoxy groups -OCH3 is 3. The molecule has 0 spiro atoms. The highest BCUT2D eigenvalue weighted by Crippen LogP contribution is 2.40. The van der Waals surface area contributed by atoms with Gasteiger partial charge in [0.25, 0.3) is 0 Å². The molecule has 0 unspecified atom stereocenters. The number of benzene rings is 2. The monoisotopic (exact) mass is 592 g/mol. The molecule has 1 saturated heterocycles. The summed E-state index contributed by atoms with van der Waals surface area (Å²) in [5, 5.41) is 0.179. The second-order valence-corrected chi connectivity index (χ2v) is 11.0. The van der Waals surface area contributed by atoms with Crippen molar-refractivity contribution in [2.45, 2.75) is 44.7 Å². The number of ether oxygens (including phenoxy) is 4. The Kier molecular flexibility index (Phi) is 8.53. The van der Waals surface area contributed by atoms with Gasteiger partial charge >= 0.3 is 0 Å². The molecule has 0 N–H and O–H groups in total. The second kappa shape index (κ2) is 12.6. The van der Waals surface area contributed by atoms with E-state index in [0.29, 0.717) is 41.2 Å². The first-order chi connectivity index (χ1) is 20.6. The van der Waals surface area contributed by atoms with Crippen molar-refractivity contribution in [3.05, 3.63) is 53.6 Å². The van der Waals surface area contributed by atoms with Crippen molar-refractivity contribution in [3.63, 3.8) is 0 Å². The van der Waals surface area contributed by atoms with E-state index in [-0.39, 0.29) is 5.28 Å². The maximum atomic E-state index is 6.64. The quantitative estimate of drug-likeness (QED) is 0.211. The highest BCUT2D eigenvalue weighted by atomic mass is 35.5. The summed E-state index contributed by atoms with van der Waals surface area (Å²) < 4.78 is 24.8. The summed E-state index contributed by atoms with van der Waals surface area (Å²) in [5.41, 5.74) is 4.37. The van der Waals surface area contributed by atoms with E-state index >= 15 is 0 Å². The molecule has 0 bridgehead atoms. The molecule has 11 heteroatoms. The molecule has 1 aliphatic carbocycles. The number of morpholine rings is 1. The van der Waals surface area contributed by atoms with Crippen molar-refractivity contribution in [1.82, 2.24) is 19.5 Å². The summed E-state index contributed by atoms with van der Waals surface area (Å²) >= 11 is 6.64. The molecule has 0 amide bonds. The van der Waals surface area contributed by atoms with Crippen LogP contribution in [0.25, 0.3) is 11.2 Å². The third kappa shape index (κ3) is 5.65. The van der Waals surface area contributed by atoms with E-state index in [1.54, 1.807) is 21.3 Å². The lowest BCUT2D eigenvalue weighted by Crippen LogP contribution is -2.36. The fourth-order valence-electron chi connectivity index (χ4n) is 6.04. The fourth-order valence-corrected chi connectivity index (χ4v) is 6.20. The number of anilines is 3. The van der Waals surface area contributed by atoms with Crippen LogP contribution in [0.5, 0.6) is 17.2 Å². The molecule has 42 heavy (non-hydrogen) atoms. The van der Waals surface area contributed by atoms with Gasteiger partial charge in [-0.1, -0.05) is 19.3 Å². The molecule has 1 saturated carbocycles. The summed E-state index contributed by atoms with van der Waals surface area (Å²) in [6, 6.07) is 12.6. The first kappa shape index (κ1) is 28.4. The largest absolute Gasteiger partial charge is 0.496 e. The molecule has 3 heterocycles. The zero-order valence-corrected chi connectivity index (χ0v) is 25.1. The minimum Gasteiger partial charge on any atom is -0.496 e. The first-order valence-electron chi connectivity index (χ1n) is 14.5. The van der Waals surface area contributed by atoms with Gasteiger partial charge in [-0.3, -0.25) is 0 Å². The van der Waals surface area contributed by atoms with Crippen molar-refractivity contribution in [3.8, 4) is 17.2 Å². The average Bonchev–Trinajstić information content (AvgIpc) is 3.47. The number of hydrogen-bond acceptors (Lipinski definition) is 9. The van der Waals surface area contributed by atoms with Crippen LogP contribution < -0.4 is 24.0 Å². The topological polar surface area (TPSA) is 87.0 Å². The van der Waals surface area contributed by atoms with E-state index in [1.807, 2.05) is 18.5 Å². The Morgan fingerprint density at radius 3 is 2.26 bits per heavy atom. The Hall–Kier alpha value is -3.76. The third-order valence-electron chi connectivity index (χ3n) is 8.27. The van der Waals surface area contributed by atoms with E-state index in [1.165, 1.54) is 19.3 Å². The lowest BCUT2D eigenvalue weighted by molar-refractivity contribution is 0.122. The van der Waals surface area contributed by atoms with Crippen LogP contribution in [0, 0.1) is 0 Å². The Bertz CT molecular complexity index is 1490. The van der Waals surface area contributed by atoms with E-state index < -0.39 is 0 Å². The predicted molar refractivity (Wildman–Crippen MR) is 164 cm³/mol.